The minimum atomic E-state index is -0.675. The molecule has 0 radical (unpaired) electrons. The van der Waals surface area contributed by atoms with Gasteiger partial charge in [-0.1, -0.05) is 38.5 Å². The molecule has 0 bridgehead atoms. The maximum atomic E-state index is 13.5. The van der Waals surface area contributed by atoms with E-state index in [0.717, 1.165) is 24.8 Å². The zero-order valence-corrected chi connectivity index (χ0v) is 22.4. The van der Waals surface area contributed by atoms with Crippen molar-refractivity contribution in [2.45, 2.75) is 53.0 Å². The second-order valence-electron chi connectivity index (χ2n) is 8.95. The first-order valence-electron chi connectivity index (χ1n) is 13.0. The molecule has 1 saturated heterocycles. The maximum Gasteiger partial charge on any atom is 0.341 e. The van der Waals surface area contributed by atoms with Crippen molar-refractivity contribution in [1.82, 2.24) is 14.0 Å². The first-order chi connectivity index (χ1) is 18.9. The smallest absolute Gasteiger partial charge is 0.341 e. The molecule has 0 aromatic carbocycles. The molecule has 4 rings (SSSR count). The van der Waals surface area contributed by atoms with Gasteiger partial charge in [-0.15, -0.1) is 0 Å². The molecule has 1 amide bonds. The van der Waals surface area contributed by atoms with Gasteiger partial charge in [0.2, 0.25) is 6.79 Å². The van der Waals surface area contributed by atoms with Crippen molar-refractivity contribution < 1.29 is 23.8 Å². The molecular formula is C29H32N4O6. The average molecular weight is 533 g/mol. The van der Waals surface area contributed by atoms with E-state index in [1.165, 1.54) is 10.5 Å². The number of amides is 1. The molecular weight excluding hydrogens is 500 g/mol. The highest BCUT2D eigenvalue weighted by molar-refractivity contribution is 5.94. The molecule has 10 heteroatoms. The second-order valence-corrected chi connectivity index (χ2v) is 8.95. The van der Waals surface area contributed by atoms with Crippen LogP contribution < -0.4 is 11.0 Å². The Morgan fingerprint density at radius 2 is 2.00 bits per heavy atom. The Morgan fingerprint density at radius 1 is 1.21 bits per heavy atom. The SMILES string of the molecule is C=C/C=C1\OCO\C1=C/CC(=O)N=c1c(C(=O)OCC)cc2c(=O)n3cccc(C)c3nc2n1CCCCC. The van der Waals surface area contributed by atoms with Gasteiger partial charge in [0.15, 0.2) is 17.0 Å². The summed E-state index contributed by atoms with van der Waals surface area (Å²) in [6.45, 7) is 9.85. The molecule has 1 aliphatic rings. The van der Waals surface area contributed by atoms with Crippen LogP contribution in [0.4, 0.5) is 0 Å². The Kier molecular flexibility index (Phi) is 8.75. The fourth-order valence-corrected chi connectivity index (χ4v) is 4.34. The van der Waals surface area contributed by atoms with Crippen LogP contribution in [-0.2, 0) is 25.5 Å². The number of allylic oxidation sites excluding steroid dienone is 2. The number of pyridine rings is 2. The Hall–Kier alpha value is -4.47. The van der Waals surface area contributed by atoms with Gasteiger partial charge in [0.05, 0.1) is 18.4 Å². The van der Waals surface area contributed by atoms with Crippen LogP contribution >= 0.6 is 0 Å². The lowest BCUT2D eigenvalue weighted by Gasteiger charge is -2.15. The monoisotopic (exact) mass is 532 g/mol. The predicted molar refractivity (Wildman–Crippen MR) is 146 cm³/mol. The van der Waals surface area contributed by atoms with E-state index in [4.69, 9.17) is 19.2 Å². The number of carbonyl (C=O) groups excluding carboxylic acids is 2. The lowest BCUT2D eigenvalue weighted by molar-refractivity contribution is -0.117. The number of esters is 1. The van der Waals surface area contributed by atoms with E-state index in [2.05, 4.69) is 18.5 Å². The summed E-state index contributed by atoms with van der Waals surface area (Å²) < 4.78 is 19.2. The highest BCUT2D eigenvalue weighted by atomic mass is 16.7. The molecule has 0 aliphatic carbocycles. The third-order valence-corrected chi connectivity index (χ3v) is 6.22. The summed E-state index contributed by atoms with van der Waals surface area (Å²) in [6, 6.07) is 5.07. The van der Waals surface area contributed by atoms with Crippen molar-refractivity contribution in [3.8, 4) is 0 Å². The normalized spacial score (nSPS) is 15.6. The van der Waals surface area contributed by atoms with E-state index in [1.807, 2.05) is 13.0 Å². The number of carbonyl (C=O) groups is 2. The summed E-state index contributed by atoms with van der Waals surface area (Å²) in [5, 5.41) is 0.238. The van der Waals surface area contributed by atoms with Gasteiger partial charge in [0.1, 0.15) is 16.9 Å². The molecule has 0 unspecified atom stereocenters. The molecule has 0 saturated carbocycles. The maximum absolute atomic E-state index is 13.5. The van der Waals surface area contributed by atoms with Crippen molar-refractivity contribution in [3.05, 3.63) is 87.7 Å². The van der Waals surface area contributed by atoms with E-state index in [1.54, 1.807) is 42.0 Å². The van der Waals surface area contributed by atoms with Crippen LogP contribution in [0.3, 0.4) is 0 Å². The Bertz CT molecular complexity index is 1630. The molecule has 1 aliphatic heterocycles. The average Bonchev–Trinajstić information content (AvgIpc) is 3.36. The zero-order valence-electron chi connectivity index (χ0n) is 22.4. The van der Waals surface area contributed by atoms with Crippen LogP contribution in [0.15, 0.2) is 70.5 Å². The van der Waals surface area contributed by atoms with Crippen molar-refractivity contribution >= 4 is 28.6 Å². The van der Waals surface area contributed by atoms with Gasteiger partial charge in [-0.3, -0.25) is 14.0 Å². The second kappa shape index (κ2) is 12.4. The first kappa shape index (κ1) is 27.6. The van der Waals surface area contributed by atoms with Gasteiger partial charge in [-0.25, -0.2) is 9.78 Å². The Morgan fingerprint density at radius 3 is 2.74 bits per heavy atom. The fraction of sp³-hybridized carbons (Fsp3) is 0.345. The molecule has 10 nitrogen and oxygen atoms in total. The van der Waals surface area contributed by atoms with Crippen LogP contribution in [0.5, 0.6) is 0 Å². The zero-order chi connectivity index (χ0) is 27.9. The molecule has 3 aromatic rings. The summed E-state index contributed by atoms with van der Waals surface area (Å²) in [5.41, 5.74) is 1.47. The Balaban J connectivity index is 1.96. The number of unbranched alkanes of at least 4 members (excludes halogenated alkanes) is 2. The summed E-state index contributed by atoms with van der Waals surface area (Å²) in [5.74, 6) is -0.308. The topological polar surface area (TPSA) is 113 Å². The molecule has 1 fully saturated rings. The number of aromatic nitrogens is 3. The van der Waals surface area contributed by atoms with Gasteiger partial charge in [-0.05, 0) is 50.1 Å². The largest absolute Gasteiger partial charge is 0.462 e. The lowest BCUT2D eigenvalue weighted by atomic mass is 10.2. The van der Waals surface area contributed by atoms with Gasteiger partial charge in [0, 0.05) is 12.7 Å². The first-order valence-corrected chi connectivity index (χ1v) is 13.0. The van der Waals surface area contributed by atoms with E-state index in [9.17, 15) is 14.4 Å². The quantitative estimate of drug-likeness (QED) is 0.232. The molecule has 39 heavy (non-hydrogen) atoms. The minimum Gasteiger partial charge on any atom is -0.462 e. The summed E-state index contributed by atoms with van der Waals surface area (Å²) in [7, 11) is 0. The van der Waals surface area contributed by atoms with Gasteiger partial charge in [0.25, 0.3) is 11.5 Å². The standard InChI is InChI=1S/C29H32N4O6/c1-5-8-9-15-32-26-20(28(35)33-16-10-12-19(4)25(33)31-26)17-21(29(36)37-7-3)27(32)30-24(34)14-13-23-22(11-6-2)38-18-39-23/h6,10-13,16-17H,2,5,7-9,14-15,18H2,1,3-4H3/b22-11-,23-13-,30-27?. The van der Waals surface area contributed by atoms with Gasteiger partial charge >= 0.3 is 5.97 Å². The van der Waals surface area contributed by atoms with Crippen molar-refractivity contribution in [2.75, 3.05) is 13.4 Å². The number of hydrogen-bond acceptors (Lipinski definition) is 7. The highest BCUT2D eigenvalue weighted by Gasteiger charge is 2.21. The molecule has 0 spiro atoms. The number of hydrogen-bond donors (Lipinski definition) is 0. The number of aryl methyl sites for hydroxylation is 2. The molecule has 0 atom stereocenters. The van der Waals surface area contributed by atoms with Crippen LogP contribution in [-0.4, -0.2) is 39.2 Å². The van der Waals surface area contributed by atoms with Gasteiger partial charge in [-0.2, -0.15) is 4.99 Å². The molecule has 0 N–H and O–H groups in total. The van der Waals surface area contributed by atoms with Crippen LogP contribution in [0.25, 0.3) is 16.7 Å². The van der Waals surface area contributed by atoms with E-state index >= 15 is 0 Å². The fourth-order valence-electron chi connectivity index (χ4n) is 4.34. The predicted octanol–water partition coefficient (Wildman–Crippen LogP) is 4.10. The van der Waals surface area contributed by atoms with Crippen molar-refractivity contribution in [3.63, 3.8) is 0 Å². The summed E-state index contributed by atoms with van der Waals surface area (Å²) >= 11 is 0. The van der Waals surface area contributed by atoms with Crippen LogP contribution in [0.1, 0.15) is 55.5 Å². The third kappa shape index (κ3) is 5.84. The lowest BCUT2D eigenvalue weighted by Crippen LogP contribution is -2.33. The van der Waals surface area contributed by atoms with E-state index in [-0.39, 0.29) is 41.8 Å². The number of nitrogens with zero attached hydrogens (tertiary/aromatic N) is 4. The third-order valence-electron chi connectivity index (χ3n) is 6.22. The highest BCUT2D eigenvalue weighted by Crippen LogP contribution is 2.21. The van der Waals surface area contributed by atoms with E-state index in [0.29, 0.717) is 29.4 Å². The molecule has 3 aromatic heterocycles. The molecule has 4 heterocycles. The van der Waals surface area contributed by atoms with Crippen LogP contribution in [0.2, 0.25) is 0 Å². The van der Waals surface area contributed by atoms with Crippen molar-refractivity contribution in [2.24, 2.45) is 4.99 Å². The van der Waals surface area contributed by atoms with Crippen molar-refractivity contribution in [1.29, 1.82) is 0 Å². The molecule has 204 valence electrons. The number of ether oxygens (including phenoxy) is 3. The number of rotatable bonds is 9. The summed E-state index contributed by atoms with van der Waals surface area (Å²) in [4.78, 5) is 48.9. The van der Waals surface area contributed by atoms with Crippen LogP contribution in [0, 0.1) is 6.92 Å². The minimum absolute atomic E-state index is 0.0287. The number of fused-ring (bicyclic) bond motifs is 2. The van der Waals surface area contributed by atoms with Gasteiger partial charge < -0.3 is 18.8 Å². The Labute approximate surface area is 225 Å². The summed E-state index contributed by atoms with van der Waals surface area (Å²) in [6.07, 6.45) is 8.90. The van der Waals surface area contributed by atoms with E-state index < -0.39 is 11.9 Å².